The van der Waals surface area contributed by atoms with E-state index < -0.39 is 4.92 Å². The highest BCUT2D eigenvalue weighted by molar-refractivity contribution is 5.99. The smallest absolute Gasteiger partial charge is 0.269 e. The maximum Gasteiger partial charge on any atom is 0.269 e. The number of rotatable bonds is 2. The third-order valence-corrected chi connectivity index (χ3v) is 1.57. The van der Waals surface area contributed by atoms with Gasteiger partial charge in [-0.15, -0.1) is 0 Å². The zero-order valence-electron chi connectivity index (χ0n) is 7.31. The van der Waals surface area contributed by atoms with Crippen LogP contribution >= 0.6 is 0 Å². The summed E-state index contributed by atoms with van der Waals surface area (Å²) in [4.78, 5) is 12.2. The van der Waals surface area contributed by atoms with E-state index in [0.717, 1.165) is 0 Å². The molecule has 0 saturated carbocycles. The van der Waals surface area contributed by atoms with Gasteiger partial charge in [-0.2, -0.15) is 0 Å². The number of amidine groups is 1. The molecule has 0 aliphatic heterocycles. The average molecular weight is 207 g/mol. The second kappa shape index (κ2) is 4.58. The molecular weight excluding hydrogens is 202 g/mol. The Balaban J connectivity index is 3.08. The van der Waals surface area contributed by atoms with E-state index in [9.17, 15) is 10.1 Å². The highest BCUT2D eigenvalue weighted by atomic mass is 16.6. The number of hydrogen-bond acceptors (Lipinski definition) is 4. The molecule has 0 bridgehead atoms. The van der Waals surface area contributed by atoms with Crippen LogP contribution in [0.2, 0.25) is 0 Å². The Morgan fingerprint density at radius 3 is 2.47 bits per heavy atom. The van der Waals surface area contributed by atoms with Crippen LogP contribution in [-0.4, -0.2) is 16.0 Å². The fourth-order valence-electron chi connectivity index (χ4n) is 0.910. The van der Waals surface area contributed by atoms with Gasteiger partial charge in [0.15, 0.2) is 5.84 Å². The molecule has 0 unspecified atom stereocenters. The van der Waals surface area contributed by atoms with Crippen LogP contribution in [0.4, 0.5) is 5.69 Å². The summed E-state index contributed by atoms with van der Waals surface area (Å²) in [7, 11) is 0. The summed E-state index contributed by atoms with van der Waals surface area (Å²) in [5.41, 5.74) is 8.32. The lowest BCUT2D eigenvalue weighted by Gasteiger charge is -1.96. The first kappa shape index (κ1) is 10.5. The van der Waals surface area contributed by atoms with E-state index in [1.54, 1.807) is 0 Å². The van der Waals surface area contributed by atoms with Crippen LogP contribution in [-0.2, 0) is 0 Å². The molecule has 0 atom stereocenters. The molecule has 0 aliphatic carbocycles. The van der Waals surface area contributed by atoms with Crippen molar-refractivity contribution in [3.63, 3.8) is 0 Å². The van der Waals surface area contributed by atoms with Crippen LogP contribution < -0.4 is 0 Å². The van der Waals surface area contributed by atoms with Crippen molar-refractivity contribution in [2.45, 2.75) is 0 Å². The van der Waals surface area contributed by atoms with Crippen molar-refractivity contribution in [2.75, 3.05) is 0 Å². The van der Waals surface area contributed by atoms with Gasteiger partial charge in [0.1, 0.15) is 0 Å². The topological polar surface area (TPSA) is 124 Å². The van der Waals surface area contributed by atoms with Crippen molar-refractivity contribution >= 4 is 11.5 Å². The van der Waals surface area contributed by atoms with Crippen molar-refractivity contribution < 1.29 is 10.1 Å². The minimum absolute atomic E-state index is 0.100. The minimum atomic E-state index is -0.562. The molecule has 0 radical (unpaired) electrons. The van der Waals surface area contributed by atoms with E-state index in [0.29, 0.717) is 5.56 Å². The van der Waals surface area contributed by atoms with Crippen molar-refractivity contribution in [1.82, 2.24) is 0 Å². The Labute approximate surface area is 83.2 Å². The Bertz CT molecular complexity index is 446. The minimum Gasteiger partial charge on any atom is -0.410 e. The van der Waals surface area contributed by atoms with Gasteiger partial charge in [-0.3, -0.25) is 10.1 Å². The van der Waals surface area contributed by atoms with E-state index in [-0.39, 0.29) is 11.5 Å². The number of nitrogens with zero attached hydrogens (tertiary/aromatic N) is 5. The van der Waals surface area contributed by atoms with Crippen molar-refractivity contribution in [2.24, 2.45) is 10.3 Å². The highest BCUT2D eigenvalue weighted by Crippen LogP contribution is 2.12. The lowest BCUT2D eigenvalue weighted by atomic mass is 10.2. The van der Waals surface area contributed by atoms with Gasteiger partial charge in [0, 0.05) is 22.6 Å². The fourth-order valence-corrected chi connectivity index (χ4v) is 0.910. The Hall–Kier alpha value is -2.60. The van der Waals surface area contributed by atoms with Gasteiger partial charge in [0.05, 0.1) is 4.92 Å². The van der Waals surface area contributed by atoms with Crippen molar-refractivity contribution in [3.8, 4) is 0 Å². The zero-order valence-corrected chi connectivity index (χ0v) is 7.31. The van der Waals surface area contributed by atoms with E-state index >= 15 is 0 Å². The predicted molar refractivity (Wildman–Crippen MR) is 50.6 cm³/mol. The van der Waals surface area contributed by atoms with Crippen molar-refractivity contribution in [1.29, 1.82) is 0 Å². The first-order chi connectivity index (χ1) is 7.19. The molecular formula is C7H5N5O3. The third kappa shape index (κ3) is 2.42. The third-order valence-electron chi connectivity index (χ3n) is 1.57. The highest BCUT2D eigenvalue weighted by Gasteiger charge is 2.06. The van der Waals surface area contributed by atoms with E-state index in [1.807, 2.05) is 0 Å². The summed E-state index contributed by atoms with van der Waals surface area (Å²) in [6.45, 7) is 0. The largest absolute Gasteiger partial charge is 0.410 e. The molecule has 1 aromatic rings. The van der Waals surface area contributed by atoms with Crippen LogP contribution in [0.25, 0.3) is 10.4 Å². The first-order valence-corrected chi connectivity index (χ1v) is 3.71. The maximum absolute atomic E-state index is 10.3. The molecule has 8 nitrogen and oxygen atoms in total. The van der Waals surface area contributed by atoms with Crippen LogP contribution in [0, 0.1) is 10.1 Å². The molecule has 0 aromatic heterocycles. The average Bonchev–Trinajstić information content (AvgIpc) is 2.26. The predicted octanol–water partition coefficient (Wildman–Crippen LogP) is 2.04. The van der Waals surface area contributed by atoms with Gasteiger partial charge in [-0.1, -0.05) is 5.16 Å². The van der Waals surface area contributed by atoms with Gasteiger partial charge in [-0.05, 0) is 22.8 Å². The van der Waals surface area contributed by atoms with Gasteiger partial charge in [0.25, 0.3) is 5.69 Å². The molecule has 0 amide bonds. The number of benzene rings is 1. The Morgan fingerprint density at radius 2 is 2.07 bits per heavy atom. The molecule has 0 spiro atoms. The number of nitro benzene ring substituents is 1. The first-order valence-electron chi connectivity index (χ1n) is 3.71. The van der Waals surface area contributed by atoms with Crippen LogP contribution in [0.15, 0.2) is 34.5 Å². The second-order valence-electron chi connectivity index (χ2n) is 2.42. The molecule has 1 aromatic carbocycles. The standard InChI is InChI=1S/C7H5N5O3/c8-11-9-7(10-13)5-1-3-6(4-2-5)12(14)15/h1-4,13H/b10-7+. The summed E-state index contributed by atoms with van der Waals surface area (Å²) in [6.07, 6.45) is 0. The molecule has 1 rings (SSSR count). The van der Waals surface area contributed by atoms with Crippen LogP contribution in [0.3, 0.4) is 0 Å². The Morgan fingerprint density at radius 1 is 1.47 bits per heavy atom. The summed E-state index contributed by atoms with van der Waals surface area (Å²) >= 11 is 0. The number of azide groups is 1. The molecule has 8 heteroatoms. The molecule has 15 heavy (non-hydrogen) atoms. The monoisotopic (exact) mass is 207 g/mol. The molecule has 0 fully saturated rings. The number of hydrogen-bond donors (Lipinski definition) is 1. The van der Waals surface area contributed by atoms with Gasteiger partial charge < -0.3 is 5.21 Å². The molecule has 1 N–H and O–H groups in total. The fraction of sp³-hybridized carbons (Fsp3) is 0. The number of oxime groups is 1. The lowest BCUT2D eigenvalue weighted by molar-refractivity contribution is -0.384. The van der Waals surface area contributed by atoms with Crippen LogP contribution in [0.5, 0.6) is 0 Å². The maximum atomic E-state index is 10.3. The van der Waals surface area contributed by atoms with Gasteiger partial charge in [-0.25, -0.2) is 0 Å². The summed E-state index contributed by atoms with van der Waals surface area (Å²) in [5, 5.41) is 24.6. The number of non-ortho nitro benzene ring substituents is 1. The van der Waals surface area contributed by atoms with Crippen LogP contribution in [0.1, 0.15) is 5.56 Å². The molecule has 76 valence electrons. The van der Waals surface area contributed by atoms with Crippen molar-refractivity contribution in [3.05, 3.63) is 50.4 Å². The zero-order chi connectivity index (χ0) is 11.3. The summed E-state index contributed by atoms with van der Waals surface area (Å²) in [5.74, 6) is -0.243. The number of nitro groups is 1. The SMILES string of the molecule is [N-]=[N+]=N/C(=N/O)c1ccc([N+](=O)[O-])cc1. The second-order valence-corrected chi connectivity index (χ2v) is 2.42. The molecule has 0 heterocycles. The lowest BCUT2D eigenvalue weighted by Crippen LogP contribution is -1.96. The summed E-state index contributed by atoms with van der Waals surface area (Å²) in [6, 6.07) is 5.07. The van der Waals surface area contributed by atoms with E-state index in [4.69, 9.17) is 10.7 Å². The normalized spacial score (nSPS) is 10.5. The van der Waals surface area contributed by atoms with E-state index in [1.165, 1.54) is 24.3 Å². The molecule has 0 saturated heterocycles. The summed E-state index contributed by atoms with van der Waals surface area (Å²) < 4.78 is 0. The van der Waals surface area contributed by atoms with Gasteiger partial charge >= 0.3 is 0 Å². The Kier molecular flexibility index (Phi) is 3.20. The van der Waals surface area contributed by atoms with Gasteiger partial charge in [0.2, 0.25) is 0 Å². The van der Waals surface area contributed by atoms with E-state index in [2.05, 4.69) is 15.2 Å². The molecule has 0 aliphatic rings. The quantitative estimate of drug-likeness (QED) is 0.116.